The predicted molar refractivity (Wildman–Crippen MR) is 97.1 cm³/mol. The van der Waals surface area contributed by atoms with Gasteiger partial charge in [0.1, 0.15) is 24.6 Å². The molecule has 0 bridgehead atoms. The average molecular weight is 425 g/mol. The Kier molecular flexibility index (Phi) is 5.32. The first-order valence-corrected chi connectivity index (χ1v) is 8.99. The molecule has 3 heterocycles. The van der Waals surface area contributed by atoms with Crippen molar-refractivity contribution in [3.63, 3.8) is 0 Å². The third kappa shape index (κ3) is 3.69. The highest BCUT2D eigenvalue weighted by atomic mass is 19.4. The molecule has 1 unspecified atom stereocenters. The second-order valence-electron chi connectivity index (χ2n) is 6.83. The topological polar surface area (TPSA) is 126 Å². The van der Waals surface area contributed by atoms with E-state index in [-0.39, 0.29) is 18.0 Å². The van der Waals surface area contributed by atoms with Crippen LogP contribution < -0.4 is 5.32 Å². The summed E-state index contributed by atoms with van der Waals surface area (Å²) in [5.41, 5.74) is 0.247. The largest absolute Gasteiger partial charge is 0.416 e. The quantitative estimate of drug-likeness (QED) is 0.478. The fraction of sp³-hybridized carbons (Fsp3) is 0.389. The van der Waals surface area contributed by atoms with Gasteiger partial charge in [-0.3, -0.25) is 4.57 Å². The summed E-state index contributed by atoms with van der Waals surface area (Å²) >= 11 is 0. The number of nitrogens with zero attached hydrogens (tertiary/aromatic N) is 4. The number of aliphatic hydroxyl groups excluding tert-OH is 3. The standard InChI is InChI=1S/C18H18F3N5O4/c19-18(20,21)10-3-1-2-9(4-10)5-22-15-12-16(24-7-23-15)26(8-25-12)17-14(29)13(28)11(6-27)30-17/h1-4,7-8,11,13-14,17,27-29H,5-6H2,(H,22,23,24)/t11-,13-,14?,17-/m1/s1. The van der Waals surface area contributed by atoms with Gasteiger partial charge in [0.05, 0.1) is 18.5 Å². The fourth-order valence-electron chi connectivity index (χ4n) is 3.32. The van der Waals surface area contributed by atoms with Crippen molar-refractivity contribution >= 4 is 17.0 Å². The third-order valence-electron chi connectivity index (χ3n) is 4.86. The summed E-state index contributed by atoms with van der Waals surface area (Å²) in [6.07, 6.45) is -6.42. The summed E-state index contributed by atoms with van der Waals surface area (Å²) in [7, 11) is 0. The molecular weight excluding hydrogens is 407 g/mol. The van der Waals surface area contributed by atoms with E-state index in [1.807, 2.05) is 0 Å². The Morgan fingerprint density at radius 1 is 1.13 bits per heavy atom. The maximum Gasteiger partial charge on any atom is 0.416 e. The monoisotopic (exact) mass is 425 g/mol. The highest BCUT2D eigenvalue weighted by Gasteiger charge is 2.44. The first-order valence-electron chi connectivity index (χ1n) is 8.99. The maximum absolute atomic E-state index is 12.9. The van der Waals surface area contributed by atoms with Crippen LogP contribution in [0, 0.1) is 0 Å². The Bertz CT molecular complexity index is 1040. The summed E-state index contributed by atoms with van der Waals surface area (Å²) in [6.45, 7) is -0.406. The average Bonchev–Trinajstić information content (AvgIpc) is 3.27. The van der Waals surface area contributed by atoms with E-state index in [1.54, 1.807) is 6.07 Å². The van der Waals surface area contributed by atoms with Crippen LogP contribution >= 0.6 is 0 Å². The van der Waals surface area contributed by atoms with Crippen molar-refractivity contribution in [1.82, 2.24) is 19.5 Å². The molecular formula is C18H18F3N5O4. The van der Waals surface area contributed by atoms with Crippen LogP contribution in [0.4, 0.5) is 19.0 Å². The van der Waals surface area contributed by atoms with Crippen LogP contribution in [0.3, 0.4) is 0 Å². The van der Waals surface area contributed by atoms with Crippen LogP contribution in [0.5, 0.6) is 0 Å². The minimum Gasteiger partial charge on any atom is -0.394 e. The van der Waals surface area contributed by atoms with Crippen LogP contribution in [-0.4, -0.2) is 59.8 Å². The first-order chi connectivity index (χ1) is 14.3. The Balaban J connectivity index is 1.57. The number of alkyl halides is 3. The molecule has 1 aromatic carbocycles. The molecule has 0 radical (unpaired) electrons. The van der Waals surface area contributed by atoms with Gasteiger partial charge in [0.2, 0.25) is 0 Å². The molecule has 0 saturated carbocycles. The molecule has 2 aromatic heterocycles. The van der Waals surface area contributed by atoms with Crippen molar-refractivity contribution in [3.8, 4) is 0 Å². The summed E-state index contributed by atoms with van der Waals surface area (Å²) in [4.78, 5) is 12.4. The summed E-state index contributed by atoms with van der Waals surface area (Å²) < 4.78 is 45.5. The number of ether oxygens (including phenoxy) is 1. The van der Waals surface area contributed by atoms with Crippen LogP contribution in [-0.2, 0) is 17.5 Å². The normalized spacial score (nSPS) is 24.5. The van der Waals surface area contributed by atoms with E-state index in [1.165, 1.54) is 23.3 Å². The van der Waals surface area contributed by atoms with E-state index < -0.39 is 42.9 Å². The number of hydrogen-bond donors (Lipinski definition) is 4. The molecule has 3 aromatic rings. The number of anilines is 1. The highest BCUT2D eigenvalue weighted by molar-refractivity contribution is 5.82. The number of aromatic nitrogens is 4. The number of fused-ring (bicyclic) bond motifs is 1. The van der Waals surface area contributed by atoms with Gasteiger partial charge in [-0.2, -0.15) is 13.2 Å². The zero-order valence-corrected chi connectivity index (χ0v) is 15.4. The van der Waals surface area contributed by atoms with Gasteiger partial charge in [0, 0.05) is 6.54 Å². The van der Waals surface area contributed by atoms with Crippen molar-refractivity contribution in [2.45, 2.75) is 37.3 Å². The number of hydrogen-bond acceptors (Lipinski definition) is 8. The van der Waals surface area contributed by atoms with Gasteiger partial charge in [-0.1, -0.05) is 12.1 Å². The Labute approximate surface area is 167 Å². The van der Waals surface area contributed by atoms with Crippen LogP contribution in [0.25, 0.3) is 11.2 Å². The molecule has 0 spiro atoms. The molecule has 12 heteroatoms. The van der Waals surface area contributed by atoms with Crippen molar-refractivity contribution in [2.24, 2.45) is 0 Å². The molecule has 4 rings (SSSR count). The number of nitrogens with one attached hydrogen (secondary N) is 1. The summed E-state index contributed by atoms with van der Waals surface area (Å²) in [5.74, 6) is 0.280. The highest BCUT2D eigenvalue weighted by Crippen LogP contribution is 2.32. The number of halogens is 3. The van der Waals surface area contributed by atoms with E-state index >= 15 is 0 Å². The Morgan fingerprint density at radius 3 is 2.63 bits per heavy atom. The number of rotatable bonds is 5. The van der Waals surface area contributed by atoms with Gasteiger partial charge in [0.15, 0.2) is 23.2 Å². The van der Waals surface area contributed by atoms with Crippen LogP contribution in [0.1, 0.15) is 17.4 Å². The lowest BCUT2D eigenvalue weighted by molar-refractivity contribution is -0.137. The zero-order valence-electron chi connectivity index (χ0n) is 15.4. The molecule has 1 fully saturated rings. The van der Waals surface area contributed by atoms with Gasteiger partial charge >= 0.3 is 6.18 Å². The SMILES string of the molecule is OC[C@H]1O[C@@H](n2cnc3c(NCc4cccc(C(F)(F)F)c4)ncnc32)C(O)[C@@H]1O. The minimum atomic E-state index is -4.43. The molecule has 160 valence electrons. The van der Waals surface area contributed by atoms with Gasteiger partial charge in [0.25, 0.3) is 0 Å². The molecule has 30 heavy (non-hydrogen) atoms. The molecule has 0 aliphatic carbocycles. The molecule has 4 N–H and O–H groups in total. The summed E-state index contributed by atoms with van der Waals surface area (Å²) in [6, 6.07) is 4.92. The molecule has 4 atom stereocenters. The van der Waals surface area contributed by atoms with Crippen molar-refractivity contribution in [3.05, 3.63) is 48.0 Å². The number of benzene rings is 1. The van der Waals surface area contributed by atoms with Gasteiger partial charge in [-0.25, -0.2) is 15.0 Å². The van der Waals surface area contributed by atoms with E-state index in [9.17, 15) is 28.5 Å². The maximum atomic E-state index is 12.9. The van der Waals surface area contributed by atoms with Crippen LogP contribution in [0.15, 0.2) is 36.9 Å². The van der Waals surface area contributed by atoms with E-state index in [2.05, 4.69) is 20.3 Å². The molecule has 9 nitrogen and oxygen atoms in total. The van der Waals surface area contributed by atoms with Crippen molar-refractivity contribution in [2.75, 3.05) is 11.9 Å². The molecule has 1 aliphatic heterocycles. The van der Waals surface area contributed by atoms with E-state index in [4.69, 9.17) is 4.74 Å². The van der Waals surface area contributed by atoms with Gasteiger partial charge in [-0.05, 0) is 17.7 Å². The van der Waals surface area contributed by atoms with Gasteiger partial charge < -0.3 is 25.4 Å². The third-order valence-corrected chi connectivity index (χ3v) is 4.86. The zero-order chi connectivity index (χ0) is 21.5. The lowest BCUT2D eigenvalue weighted by Gasteiger charge is -2.16. The van der Waals surface area contributed by atoms with E-state index in [0.29, 0.717) is 11.1 Å². The van der Waals surface area contributed by atoms with Crippen molar-refractivity contribution < 1.29 is 33.2 Å². The minimum absolute atomic E-state index is 0.0662. The second kappa shape index (κ2) is 7.80. The summed E-state index contributed by atoms with van der Waals surface area (Å²) in [5, 5.41) is 32.4. The molecule has 0 amide bonds. The van der Waals surface area contributed by atoms with Crippen molar-refractivity contribution in [1.29, 1.82) is 0 Å². The van der Waals surface area contributed by atoms with E-state index in [0.717, 1.165) is 12.1 Å². The smallest absolute Gasteiger partial charge is 0.394 e. The predicted octanol–water partition coefficient (Wildman–Crippen LogP) is 1.07. The Hall–Kier alpha value is -2.80. The first kappa shape index (κ1) is 20.5. The number of imidazole rings is 1. The number of aliphatic hydroxyl groups is 3. The van der Waals surface area contributed by atoms with Crippen LogP contribution in [0.2, 0.25) is 0 Å². The Morgan fingerprint density at radius 2 is 1.93 bits per heavy atom. The lowest BCUT2D eigenvalue weighted by Crippen LogP contribution is -2.33. The lowest BCUT2D eigenvalue weighted by atomic mass is 10.1. The fourth-order valence-corrected chi connectivity index (χ4v) is 3.32. The molecule has 1 aliphatic rings. The van der Waals surface area contributed by atoms with Gasteiger partial charge in [-0.15, -0.1) is 0 Å². The molecule has 1 saturated heterocycles. The second-order valence-corrected chi connectivity index (χ2v) is 6.83.